The van der Waals surface area contributed by atoms with Crippen molar-refractivity contribution in [2.75, 3.05) is 6.61 Å². The fourth-order valence-electron chi connectivity index (χ4n) is 2.67. The lowest BCUT2D eigenvalue weighted by Crippen LogP contribution is -2.37. The molecule has 0 fully saturated rings. The van der Waals surface area contributed by atoms with Gasteiger partial charge in [0, 0.05) is 6.04 Å². The van der Waals surface area contributed by atoms with E-state index in [0.29, 0.717) is 6.61 Å². The molecule has 1 aromatic rings. The van der Waals surface area contributed by atoms with Crippen molar-refractivity contribution in [1.82, 2.24) is 5.32 Å². The van der Waals surface area contributed by atoms with Crippen molar-refractivity contribution in [3.63, 3.8) is 0 Å². The van der Waals surface area contributed by atoms with Gasteiger partial charge in [-0.3, -0.25) is 10.1 Å². The lowest BCUT2D eigenvalue weighted by Gasteiger charge is -2.23. The molecule has 0 aliphatic carbocycles. The first kappa shape index (κ1) is 15.7. The topological polar surface area (TPSA) is 38.3 Å². The van der Waals surface area contributed by atoms with Crippen LogP contribution in [0.15, 0.2) is 12.1 Å². The number of esters is 1. The molecule has 0 heterocycles. The van der Waals surface area contributed by atoms with Crippen LogP contribution in [0.2, 0.25) is 0 Å². The molecule has 2 atom stereocenters. The maximum Gasteiger partial charge on any atom is 0.322 e. The van der Waals surface area contributed by atoms with Gasteiger partial charge < -0.3 is 4.74 Å². The van der Waals surface area contributed by atoms with E-state index in [4.69, 9.17) is 4.74 Å². The molecule has 0 aromatic heterocycles. The van der Waals surface area contributed by atoms with Gasteiger partial charge in [0.2, 0.25) is 0 Å². The summed E-state index contributed by atoms with van der Waals surface area (Å²) in [6.07, 6.45) is 0. The summed E-state index contributed by atoms with van der Waals surface area (Å²) < 4.78 is 5.02. The van der Waals surface area contributed by atoms with E-state index in [1.165, 1.54) is 22.3 Å². The smallest absolute Gasteiger partial charge is 0.322 e. The molecule has 1 N–H and O–H groups in total. The molecule has 1 aromatic carbocycles. The van der Waals surface area contributed by atoms with Gasteiger partial charge in [0.1, 0.15) is 6.04 Å². The van der Waals surface area contributed by atoms with Crippen LogP contribution in [0.5, 0.6) is 0 Å². The van der Waals surface area contributed by atoms with Crippen LogP contribution < -0.4 is 5.32 Å². The van der Waals surface area contributed by atoms with Crippen molar-refractivity contribution in [1.29, 1.82) is 0 Å². The molecule has 0 bridgehead atoms. The van der Waals surface area contributed by atoms with Gasteiger partial charge in [-0.1, -0.05) is 17.7 Å². The van der Waals surface area contributed by atoms with E-state index in [0.717, 1.165) is 0 Å². The number of rotatable bonds is 5. The highest BCUT2D eigenvalue weighted by molar-refractivity contribution is 5.75. The number of carbonyl (C=O) groups excluding carboxylic acids is 1. The quantitative estimate of drug-likeness (QED) is 0.829. The van der Waals surface area contributed by atoms with Crippen LogP contribution in [0.25, 0.3) is 0 Å². The summed E-state index contributed by atoms with van der Waals surface area (Å²) in [6, 6.07) is 4.18. The minimum Gasteiger partial charge on any atom is -0.465 e. The largest absolute Gasteiger partial charge is 0.465 e. The summed E-state index contributed by atoms with van der Waals surface area (Å²) >= 11 is 0. The van der Waals surface area contributed by atoms with Crippen LogP contribution >= 0.6 is 0 Å². The normalized spacial score (nSPS) is 14.0. The zero-order chi connectivity index (χ0) is 14.6. The van der Waals surface area contributed by atoms with Crippen molar-refractivity contribution in [2.45, 2.75) is 53.6 Å². The maximum atomic E-state index is 11.6. The average molecular weight is 263 g/mol. The minimum atomic E-state index is -0.296. The van der Waals surface area contributed by atoms with E-state index >= 15 is 0 Å². The molecule has 0 saturated heterocycles. The summed E-state index contributed by atoms with van der Waals surface area (Å²) in [6.45, 7) is 12.5. The summed E-state index contributed by atoms with van der Waals surface area (Å²) in [5, 5.41) is 3.31. The molecule has 0 amide bonds. The van der Waals surface area contributed by atoms with Crippen molar-refractivity contribution in [3.05, 3.63) is 34.4 Å². The fourth-order valence-corrected chi connectivity index (χ4v) is 2.67. The summed E-state index contributed by atoms with van der Waals surface area (Å²) in [5.74, 6) is -0.197. The van der Waals surface area contributed by atoms with E-state index in [-0.39, 0.29) is 18.1 Å². The van der Waals surface area contributed by atoms with Crippen LogP contribution in [0.1, 0.15) is 49.1 Å². The highest BCUT2D eigenvalue weighted by Gasteiger charge is 2.19. The summed E-state index contributed by atoms with van der Waals surface area (Å²) in [7, 11) is 0. The number of hydrogen-bond acceptors (Lipinski definition) is 3. The Hall–Kier alpha value is -1.35. The molecule has 3 heteroatoms. The minimum absolute atomic E-state index is 0.125. The van der Waals surface area contributed by atoms with Crippen molar-refractivity contribution < 1.29 is 9.53 Å². The Kier molecular flexibility index (Phi) is 5.55. The molecular weight excluding hydrogens is 238 g/mol. The molecule has 19 heavy (non-hydrogen) atoms. The molecule has 0 saturated carbocycles. The van der Waals surface area contributed by atoms with Gasteiger partial charge in [-0.25, -0.2) is 0 Å². The maximum absolute atomic E-state index is 11.6. The summed E-state index contributed by atoms with van der Waals surface area (Å²) in [5.41, 5.74) is 5.05. The molecule has 0 aliphatic rings. The van der Waals surface area contributed by atoms with E-state index in [1.54, 1.807) is 0 Å². The monoisotopic (exact) mass is 263 g/mol. The Balaban J connectivity index is 2.84. The number of hydrogen-bond donors (Lipinski definition) is 1. The van der Waals surface area contributed by atoms with Gasteiger partial charge in [0.05, 0.1) is 6.61 Å². The van der Waals surface area contributed by atoms with Gasteiger partial charge in [-0.05, 0) is 58.2 Å². The second kappa shape index (κ2) is 6.71. The van der Waals surface area contributed by atoms with E-state index < -0.39 is 0 Å². The predicted octanol–water partition coefficient (Wildman–Crippen LogP) is 3.21. The third kappa shape index (κ3) is 4.06. The third-order valence-electron chi connectivity index (χ3n) is 3.31. The summed E-state index contributed by atoms with van der Waals surface area (Å²) in [4.78, 5) is 11.6. The third-order valence-corrected chi connectivity index (χ3v) is 3.31. The molecule has 1 rings (SSSR count). The fraction of sp³-hybridized carbons (Fsp3) is 0.562. The SMILES string of the molecule is CCOC(=O)C(C)NC(C)c1c(C)cc(C)cc1C. The van der Waals surface area contributed by atoms with Crippen LogP contribution in [-0.4, -0.2) is 18.6 Å². The highest BCUT2D eigenvalue weighted by Crippen LogP contribution is 2.23. The van der Waals surface area contributed by atoms with Crippen LogP contribution in [0, 0.1) is 20.8 Å². The lowest BCUT2D eigenvalue weighted by molar-refractivity contribution is -0.145. The molecule has 106 valence electrons. The van der Waals surface area contributed by atoms with Gasteiger partial charge in [-0.15, -0.1) is 0 Å². The molecule has 0 aliphatic heterocycles. The number of nitrogens with one attached hydrogen (secondary N) is 1. The lowest BCUT2D eigenvalue weighted by atomic mass is 9.94. The van der Waals surface area contributed by atoms with Gasteiger partial charge >= 0.3 is 5.97 Å². The van der Waals surface area contributed by atoms with Crippen molar-refractivity contribution >= 4 is 5.97 Å². The first-order chi connectivity index (χ1) is 8.86. The van der Waals surface area contributed by atoms with Gasteiger partial charge in [0.25, 0.3) is 0 Å². The van der Waals surface area contributed by atoms with Gasteiger partial charge in [0.15, 0.2) is 0 Å². The second-order valence-corrected chi connectivity index (χ2v) is 5.17. The highest BCUT2D eigenvalue weighted by atomic mass is 16.5. The Bertz CT molecular complexity index is 431. The van der Waals surface area contributed by atoms with Crippen molar-refractivity contribution in [2.24, 2.45) is 0 Å². The van der Waals surface area contributed by atoms with E-state index in [1.807, 2.05) is 13.8 Å². The van der Waals surface area contributed by atoms with Crippen molar-refractivity contribution in [3.8, 4) is 0 Å². The molecule has 0 radical (unpaired) electrons. The number of carbonyl (C=O) groups is 1. The second-order valence-electron chi connectivity index (χ2n) is 5.17. The Morgan fingerprint density at radius 1 is 1.21 bits per heavy atom. The zero-order valence-electron chi connectivity index (χ0n) is 12.8. The van der Waals surface area contributed by atoms with E-state index in [9.17, 15) is 4.79 Å². The van der Waals surface area contributed by atoms with E-state index in [2.05, 4.69) is 45.1 Å². The Morgan fingerprint density at radius 3 is 2.21 bits per heavy atom. The molecule has 3 nitrogen and oxygen atoms in total. The molecule has 2 unspecified atom stereocenters. The predicted molar refractivity (Wildman–Crippen MR) is 78.3 cm³/mol. The van der Waals surface area contributed by atoms with Crippen LogP contribution in [-0.2, 0) is 9.53 Å². The number of ether oxygens (including phenoxy) is 1. The first-order valence-corrected chi connectivity index (χ1v) is 6.87. The Labute approximate surface area is 116 Å². The zero-order valence-corrected chi connectivity index (χ0v) is 12.8. The number of benzene rings is 1. The van der Waals surface area contributed by atoms with Crippen LogP contribution in [0.4, 0.5) is 0 Å². The first-order valence-electron chi connectivity index (χ1n) is 6.87. The van der Waals surface area contributed by atoms with Crippen LogP contribution in [0.3, 0.4) is 0 Å². The Morgan fingerprint density at radius 2 is 1.74 bits per heavy atom. The average Bonchev–Trinajstić information content (AvgIpc) is 2.27. The number of aryl methyl sites for hydroxylation is 3. The molecule has 0 spiro atoms. The standard InChI is InChI=1S/C16H25NO2/c1-7-19-16(18)14(6)17-13(5)15-11(3)8-10(2)9-12(15)4/h8-9,13-14,17H,7H2,1-6H3. The molecular formula is C16H25NO2. The van der Waals surface area contributed by atoms with Gasteiger partial charge in [-0.2, -0.15) is 0 Å².